The van der Waals surface area contributed by atoms with Crippen molar-refractivity contribution in [3.8, 4) is 0 Å². The molecule has 1 aliphatic carbocycles. The zero-order valence-corrected chi connectivity index (χ0v) is 12.1. The molecule has 0 unspecified atom stereocenters. The third kappa shape index (κ3) is 4.16. The lowest BCUT2D eigenvalue weighted by Gasteiger charge is -2.13. The number of aryl methyl sites for hydroxylation is 1. The maximum atomic E-state index is 12.0. The van der Waals surface area contributed by atoms with Gasteiger partial charge in [-0.05, 0) is 19.8 Å². The van der Waals surface area contributed by atoms with Crippen LogP contribution < -0.4 is 10.6 Å². The van der Waals surface area contributed by atoms with Crippen molar-refractivity contribution in [1.29, 1.82) is 0 Å². The number of methoxy groups -OCH3 is 1. The molecule has 1 aromatic rings. The summed E-state index contributed by atoms with van der Waals surface area (Å²) in [6.07, 6.45) is 4.84. The Morgan fingerprint density at radius 3 is 2.85 bits per heavy atom. The minimum absolute atomic E-state index is 0.193. The molecule has 1 saturated carbocycles. The van der Waals surface area contributed by atoms with Crippen molar-refractivity contribution in [3.63, 3.8) is 0 Å². The van der Waals surface area contributed by atoms with Gasteiger partial charge in [-0.1, -0.05) is 12.8 Å². The van der Waals surface area contributed by atoms with Gasteiger partial charge < -0.3 is 15.4 Å². The Morgan fingerprint density at radius 2 is 2.15 bits per heavy atom. The Kier molecular flexibility index (Phi) is 5.29. The summed E-state index contributed by atoms with van der Waals surface area (Å²) in [6, 6.07) is 2.18. The zero-order valence-electron chi connectivity index (χ0n) is 12.1. The number of ether oxygens (including phenoxy) is 1. The lowest BCUT2D eigenvalue weighted by atomic mass is 10.2. The molecule has 0 radical (unpaired) electrons. The monoisotopic (exact) mass is 278 g/mol. The molecule has 0 aromatic carbocycles. The maximum Gasteiger partial charge on any atom is 0.270 e. The topological polar surface area (TPSA) is 76.1 Å². The fourth-order valence-corrected chi connectivity index (χ4v) is 2.39. The molecule has 2 N–H and O–H groups in total. The van der Waals surface area contributed by atoms with Crippen molar-refractivity contribution >= 4 is 11.7 Å². The zero-order chi connectivity index (χ0) is 14.4. The lowest BCUT2D eigenvalue weighted by molar-refractivity contribution is 0.0931. The van der Waals surface area contributed by atoms with E-state index >= 15 is 0 Å². The van der Waals surface area contributed by atoms with Gasteiger partial charge in [0.15, 0.2) is 0 Å². The van der Waals surface area contributed by atoms with Crippen molar-refractivity contribution in [3.05, 3.63) is 17.6 Å². The Morgan fingerprint density at radius 1 is 1.40 bits per heavy atom. The number of rotatable bonds is 6. The Labute approximate surface area is 119 Å². The van der Waals surface area contributed by atoms with Crippen LogP contribution in [0.4, 0.5) is 5.82 Å². The number of hydrogen-bond donors (Lipinski definition) is 2. The van der Waals surface area contributed by atoms with Gasteiger partial charge in [-0.25, -0.2) is 9.97 Å². The van der Waals surface area contributed by atoms with Crippen LogP contribution in [0.25, 0.3) is 0 Å². The molecule has 6 nitrogen and oxygen atoms in total. The van der Waals surface area contributed by atoms with Gasteiger partial charge in [-0.2, -0.15) is 0 Å². The quantitative estimate of drug-likeness (QED) is 0.772. The van der Waals surface area contributed by atoms with Crippen LogP contribution in [0.1, 0.15) is 42.0 Å². The van der Waals surface area contributed by atoms with Crippen LogP contribution >= 0.6 is 0 Å². The Hall–Kier alpha value is -1.69. The molecule has 6 heteroatoms. The van der Waals surface area contributed by atoms with E-state index in [1.165, 1.54) is 25.7 Å². The average Bonchev–Trinajstić information content (AvgIpc) is 2.91. The summed E-state index contributed by atoms with van der Waals surface area (Å²) in [5.74, 6) is 1.15. The van der Waals surface area contributed by atoms with Crippen molar-refractivity contribution in [2.75, 3.05) is 25.6 Å². The normalized spacial score (nSPS) is 15.3. The molecule has 0 atom stereocenters. The van der Waals surface area contributed by atoms with Crippen molar-refractivity contribution in [2.45, 2.75) is 38.6 Å². The summed E-state index contributed by atoms with van der Waals surface area (Å²) in [7, 11) is 1.60. The second-order valence-corrected chi connectivity index (χ2v) is 5.06. The highest BCUT2D eigenvalue weighted by atomic mass is 16.5. The molecule has 1 aliphatic rings. The van der Waals surface area contributed by atoms with E-state index < -0.39 is 0 Å². The van der Waals surface area contributed by atoms with Crippen LogP contribution in [0.2, 0.25) is 0 Å². The fraction of sp³-hybridized carbons (Fsp3) is 0.643. The average molecular weight is 278 g/mol. The van der Waals surface area contributed by atoms with Crippen LogP contribution in [0.5, 0.6) is 0 Å². The molecule has 110 valence electrons. The van der Waals surface area contributed by atoms with E-state index in [2.05, 4.69) is 20.6 Å². The van der Waals surface area contributed by atoms with Gasteiger partial charge in [-0.15, -0.1) is 0 Å². The first kappa shape index (κ1) is 14.7. The molecule has 20 heavy (non-hydrogen) atoms. The van der Waals surface area contributed by atoms with E-state index in [1.54, 1.807) is 20.1 Å². The van der Waals surface area contributed by atoms with Crippen LogP contribution in [0, 0.1) is 6.92 Å². The van der Waals surface area contributed by atoms with Crippen molar-refractivity contribution in [2.24, 2.45) is 0 Å². The SMILES string of the molecule is COCCNC(=O)c1cc(NC2CCCC2)nc(C)n1. The van der Waals surface area contributed by atoms with E-state index in [9.17, 15) is 4.79 Å². The minimum atomic E-state index is -0.193. The number of anilines is 1. The van der Waals surface area contributed by atoms with Crippen LogP contribution in [0.15, 0.2) is 6.07 Å². The lowest BCUT2D eigenvalue weighted by Crippen LogP contribution is -2.28. The van der Waals surface area contributed by atoms with E-state index in [0.717, 1.165) is 5.82 Å². The summed E-state index contributed by atoms with van der Waals surface area (Å²) < 4.78 is 4.90. The van der Waals surface area contributed by atoms with E-state index in [4.69, 9.17) is 4.74 Å². The predicted molar refractivity (Wildman–Crippen MR) is 76.9 cm³/mol. The number of nitrogens with zero attached hydrogens (tertiary/aromatic N) is 2. The van der Waals surface area contributed by atoms with Gasteiger partial charge in [0.1, 0.15) is 17.3 Å². The van der Waals surface area contributed by atoms with Gasteiger partial charge in [0.25, 0.3) is 5.91 Å². The largest absolute Gasteiger partial charge is 0.383 e. The molecule has 1 aromatic heterocycles. The molecule has 0 spiro atoms. The summed E-state index contributed by atoms with van der Waals surface area (Å²) in [5, 5.41) is 6.15. The fourth-order valence-electron chi connectivity index (χ4n) is 2.39. The predicted octanol–water partition coefficient (Wildman–Crippen LogP) is 1.52. The molecular formula is C14H22N4O2. The second-order valence-electron chi connectivity index (χ2n) is 5.06. The number of nitrogens with one attached hydrogen (secondary N) is 2. The molecule has 2 rings (SSSR count). The first-order valence-corrected chi connectivity index (χ1v) is 7.08. The van der Waals surface area contributed by atoms with Gasteiger partial charge in [0, 0.05) is 25.8 Å². The Bertz CT molecular complexity index is 458. The number of carbonyl (C=O) groups is 1. The molecule has 1 amide bonds. The second kappa shape index (κ2) is 7.19. The van der Waals surface area contributed by atoms with Crippen LogP contribution in [0.3, 0.4) is 0 Å². The number of hydrogen-bond acceptors (Lipinski definition) is 5. The summed E-state index contributed by atoms with van der Waals surface area (Å²) in [6.45, 7) is 2.76. The third-order valence-corrected chi connectivity index (χ3v) is 3.37. The van der Waals surface area contributed by atoms with Crippen LogP contribution in [-0.4, -0.2) is 42.2 Å². The molecular weight excluding hydrogens is 256 g/mol. The molecule has 1 fully saturated rings. The summed E-state index contributed by atoms with van der Waals surface area (Å²) in [4.78, 5) is 20.5. The van der Waals surface area contributed by atoms with Crippen LogP contribution in [-0.2, 0) is 4.74 Å². The van der Waals surface area contributed by atoms with Crippen molar-refractivity contribution < 1.29 is 9.53 Å². The number of carbonyl (C=O) groups excluding carboxylic acids is 1. The summed E-state index contributed by atoms with van der Waals surface area (Å²) >= 11 is 0. The standard InChI is InChI=1S/C14H22N4O2/c1-10-16-12(14(19)15-7-8-20-2)9-13(17-10)18-11-5-3-4-6-11/h9,11H,3-8H2,1-2H3,(H,15,19)(H,16,17,18). The highest BCUT2D eigenvalue weighted by molar-refractivity contribution is 5.92. The third-order valence-electron chi connectivity index (χ3n) is 3.37. The number of aromatic nitrogens is 2. The maximum absolute atomic E-state index is 12.0. The smallest absolute Gasteiger partial charge is 0.270 e. The summed E-state index contributed by atoms with van der Waals surface area (Å²) in [5.41, 5.74) is 0.397. The molecule has 0 saturated heterocycles. The van der Waals surface area contributed by atoms with E-state index in [1.807, 2.05) is 0 Å². The number of amides is 1. The first-order chi connectivity index (χ1) is 9.69. The van der Waals surface area contributed by atoms with Gasteiger partial charge in [0.2, 0.25) is 0 Å². The molecule has 1 heterocycles. The molecule has 0 bridgehead atoms. The van der Waals surface area contributed by atoms with E-state index in [-0.39, 0.29) is 5.91 Å². The minimum Gasteiger partial charge on any atom is -0.383 e. The van der Waals surface area contributed by atoms with Gasteiger partial charge in [0.05, 0.1) is 6.61 Å². The van der Waals surface area contributed by atoms with Gasteiger partial charge in [-0.3, -0.25) is 4.79 Å². The highest BCUT2D eigenvalue weighted by Gasteiger charge is 2.16. The van der Waals surface area contributed by atoms with Crippen molar-refractivity contribution in [1.82, 2.24) is 15.3 Å². The molecule has 0 aliphatic heterocycles. The van der Waals surface area contributed by atoms with E-state index in [0.29, 0.717) is 30.7 Å². The van der Waals surface area contributed by atoms with Gasteiger partial charge >= 0.3 is 0 Å². The Balaban J connectivity index is 2.01. The highest BCUT2D eigenvalue weighted by Crippen LogP contribution is 2.21. The first-order valence-electron chi connectivity index (χ1n) is 7.08.